The highest BCUT2D eigenvalue weighted by molar-refractivity contribution is 6.15. The van der Waals surface area contributed by atoms with E-state index in [-0.39, 0.29) is 19.6 Å². The number of ether oxygens (including phenoxy) is 2. The smallest absolute Gasteiger partial charge is 0.328 e. The first-order valence-corrected chi connectivity index (χ1v) is 6.35. The van der Waals surface area contributed by atoms with Gasteiger partial charge in [0, 0.05) is 18.8 Å². The van der Waals surface area contributed by atoms with Crippen LogP contribution in [0.15, 0.2) is 24.5 Å². The van der Waals surface area contributed by atoms with Gasteiger partial charge >= 0.3 is 11.9 Å². The third-order valence-corrected chi connectivity index (χ3v) is 2.47. The molecule has 1 aromatic heterocycles. The lowest BCUT2D eigenvalue weighted by atomic mass is 9.99. The number of ketones is 1. The molecule has 0 aromatic carbocycles. The molecule has 20 heavy (non-hydrogen) atoms. The minimum atomic E-state index is -1.53. The molecule has 0 fully saturated rings. The molecule has 0 aliphatic rings. The number of hydrogen-bond donors (Lipinski definition) is 0. The zero-order chi connectivity index (χ0) is 15.0. The lowest BCUT2D eigenvalue weighted by Gasteiger charge is -2.13. The van der Waals surface area contributed by atoms with E-state index in [1.165, 1.54) is 6.20 Å². The van der Waals surface area contributed by atoms with Gasteiger partial charge in [-0.2, -0.15) is 0 Å². The number of carbonyl (C=O) groups excluding carboxylic acids is 3. The standard InChI is InChI=1S/C14H17NO5/c1-3-19-13(17)12(14(18)20-4-2)11(16)8-10-6-5-7-15-9-10/h5-7,9,12H,3-4,8H2,1-2H3. The molecular weight excluding hydrogens is 262 g/mol. The number of carbonyl (C=O) groups is 3. The Kier molecular flexibility index (Phi) is 6.36. The molecular formula is C14H17NO5. The molecule has 0 atom stereocenters. The Morgan fingerprint density at radius 2 is 1.75 bits per heavy atom. The molecule has 108 valence electrons. The number of nitrogens with zero attached hydrogens (tertiary/aromatic N) is 1. The summed E-state index contributed by atoms with van der Waals surface area (Å²) in [6.45, 7) is 3.39. The molecule has 6 heteroatoms. The molecule has 0 N–H and O–H groups in total. The van der Waals surface area contributed by atoms with Gasteiger partial charge in [0.05, 0.1) is 13.2 Å². The second-order valence-corrected chi connectivity index (χ2v) is 3.94. The van der Waals surface area contributed by atoms with E-state index in [4.69, 9.17) is 9.47 Å². The van der Waals surface area contributed by atoms with Gasteiger partial charge in [0.1, 0.15) is 0 Å². The van der Waals surface area contributed by atoms with E-state index >= 15 is 0 Å². The van der Waals surface area contributed by atoms with Gasteiger partial charge in [-0.05, 0) is 25.5 Å². The topological polar surface area (TPSA) is 82.6 Å². The highest BCUT2D eigenvalue weighted by Gasteiger charge is 2.36. The van der Waals surface area contributed by atoms with Crippen molar-refractivity contribution in [1.29, 1.82) is 0 Å². The summed E-state index contributed by atoms with van der Waals surface area (Å²) in [7, 11) is 0. The molecule has 0 spiro atoms. The largest absolute Gasteiger partial charge is 0.465 e. The Bertz CT molecular complexity index is 454. The SMILES string of the molecule is CCOC(=O)C(C(=O)Cc1cccnc1)C(=O)OCC. The van der Waals surface area contributed by atoms with Gasteiger partial charge in [0.2, 0.25) is 5.92 Å². The predicted molar refractivity (Wildman–Crippen MR) is 69.7 cm³/mol. The van der Waals surface area contributed by atoms with E-state index < -0.39 is 23.6 Å². The third-order valence-electron chi connectivity index (χ3n) is 2.47. The van der Waals surface area contributed by atoms with Crippen molar-refractivity contribution in [2.75, 3.05) is 13.2 Å². The molecule has 0 saturated carbocycles. The van der Waals surface area contributed by atoms with E-state index in [1.807, 2.05) is 0 Å². The summed E-state index contributed by atoms with van der Waals surface area (Å²) in [6.07, 6.45) is 3.00. The number of rotatable bonds is 7. The number of hydrogen-bond acceptors (Lipinski definition) is 6. The Balaban J connectivity index is 2.84. The lowest BCUT2D eigenvalue weighted by Crippen LogP contribution is -2.35. The summed E-state index contributed by atoms with van der Waals surface area (Å²) in [6, 6.07) is 3.37. The first-order chi connectivity index (χ1) is 9.60. The molecule has 0 aliphatic heterocycles. The van der Waals surface area contributed by atoms with Crippen LogP contribution in [0.5, 0.6) is 0 Å². The maximum atomic E-state index is 12.1. The van der Waals surface area contributed by atoms with Crippen LogP contribution in [0.4, 0.5) is 0 Å². The van der Waals surface area contributed by atoms with Crippen molar-refractivity contribution < 1.29 is 23.9 Å². The van der Waals surface area contributed by atoms with Crippen LogP contribution in [0, 0.1) is 5.92 Å². The third kappa shape index (κ3) is 4.46. The Labute approximate surface area is 117 Å². The summed E-state index contributed by atoms with van der Waals surface area (Å²) in [4.78, 5) is 39.5. The number of aromatic nitrogens is 1. The fourth-order valence-electron chi connectivity index (χ4n) is 1.62. The van der Waals surface area contributed by atoms with E-state index in [9.17, 15) is 14.4 Å². The minimum Gasteiger partial charge on any atom is -0.465 e. The normalized spacial score (nSPS) is 10.2. The molecule has 0 bridgehead atoms. The molecule has 1 heterocycles. The highest BCUT2D eigenvalue weighted by Crippen LogP contribution is 2.10. The van der Waals surface area contributed by atoms with Crippen molar-refractivity contribution in [2.45, 2.75) is 20.3 Å². The molecule has 6 nitrogen and oxygen atoms in total. The van der Waals surface area contributed by atoms with Gasteiger partial charge in [-0.3, -0.25) is 19.4 Å². The molecule has 1 aromatic rings. The van der Waals surface area contributed by atoms with Crippen LogP contribution in [0.1, 0.15) is 19.4 Å². The van der Waals surface area contributed by atoms with Crippen molar-refractivity contribution in [2.24, 2.45) is 5.92 Å². The van der Waals surface area contributed by atoms with Crippen LogP contribution in [-0.4, -0.2) is 35.9 Å². The van der Waals surface area contributed by atoms with Crippen molar-refractivity contribution in [3.8, 4) is 0 Å². The van der Waals surface area contributed by atoms with Crippen LogP contribution in [0.2, 0.25) is 0 Å². The Hall–Kier alpha value is -2.24. The number of Topliss-reactive ketones (excluding diaryl/α,β-unsaturated/α-hetero) is 1. The zero-order valence-corrected chi connectivity index (χ0v) is 11.5. The molecule has 0 saturated heterocycles. The lowest BCUT2D eigenvalue weighted by molar-refractivity contribution is -0.163. The predicted octanol–water partition coefficient (Wildman–Crippen LogP) is 0.936. The maximum Gasteiger partial charge on any atom is 0.328 e. The van der Waals surface area contributed by atoms with Crippen LogP contribution >= 0.6 is 0 Å². The van der Waals surface area contributed by atoms with Crippen molar-refractivity contribution in [3.05, 3.63) is 30.1 Å². The number of pyridine rings is 1. The quantitative estimate of drug-likeness (QED) is 0.545. The van der Waals surface area contributed by atoms with Crippen molar-refractivity contribution in [3.63, 3.8) is 0 Å². The fourth-order valence-corrected chi connectivity index (χ4v) is 1.62. The van der Waals surface area contributed by atoms with E-state index in [0.29, 0.717) is 5.56 Å². The van der Waals surface area contributed by atoms with Gasteiger partial charge in [-0.15, -0.1) is 0 Å². The van der Waals surface area contributed by atoms with Crippen LogP contribution in [-0.2, 0) is 30.3 Å². The second-order valence-electron chi connectivity index (χ2n) is 3.94. The Morgan fingerprint density at radius 1 is 1.15 bits per heavy atom. The minimum absolute atomic E-state index is 0.0733. The van der Waals surface area contributed by atoms with Gasteiger partial charge in [-0.25, -0.2) is 0 Å². The Morgan fingerprint density at radius 3 is 2.20 bits per heavy atom. The summed E-state index contributed by atoms with van der Waals surface area (Å²) in [5, 5.41) is 0. The highest BCUT2D eigenvalue weighted by atomic mass is 16.6. The van der Waals surface area contributed by atoms with Gasteiger partial charge in [0.25, 0.3) is 0 Å². The fraction of sp³-hybridized carbons (Fsp3) is 0.429. The van der Waals surface area contributed by atoms with Gasteiger partial charge in [0.15, 0.2) is 5.78 Å². The molecule has 0 unspecified atom stereocenters. The summed E-state index contributed by atoms with van der Waals surface area (Å²) in [5.74, 6) is -3.84. The van der Waals surface area contributed by atoms with Gasteiger partial charge < -0.3 is 9.47 Å². The summed E-state index contributed by atoms with van der Waals surface area (Å²) in [5.41, 5.74) is 0.621. The summed E-state index contributed by atoms with van der Waals surface area (Å²) < 4.78 is 9.51. The molecule has 0 radical (unpaired) electrons. The number of esters is 2. The van der Waals surface area contributed by atoms with Crippen LogP contribution < -0.4 is 0 Å². The first-order valence-electron chi connectivity index (χ1n) is 6.35. The van der Waals surface area contributed by atoms with Crippen molar-refractivity contribution >= 4 is 17.7 Å². The molecule has 0 aliphatic carbocycles. The summed E-state index contributed by atoms with van der Waals surface area (Å²) >= 11 is 0. The van der Waals surface area contributed by atoms with E-state index in [2.05, 4.69) is 4.98 Å². The monoisotopic (exact) mass is 279 g/mol. The average Bonchev–Trinajstić information content (AvgIpc) is 2.40. The maximum absolute atomic E-state index is 12.1. The first kappa shape index (κ1) is 15.8. The van der Waals surface area contributed by atoms with Crippen LogP contribution in [0.25, 0.3) is 0 Å². The average molecular weight is 279 g/mol. The van der Waals surface area contributed by atoms with E-state index in [0.717, 1.165) is 0 Å². The van der Waals surface area contributed by atoms with Gasteiger partial charge in [-0.1, -0.05) is 6.07 Å². The molecule has 1 rings (SSSR count). The zero-order valence-electron chi connectivity index (χ0n) is 11.5. The van der Waals surface area contributed by atoms with Crippen molar-refractivity contribution in [1.82, 2.24) is 4.98 Å². The second kappa shape index (κ2) is 8.04. The molecule has 0 amide bonds. The van der Waals surface area contributed by atoms with Crippen LogP contribution in [0.3, 0.4) is 0 Å². The van der Waals surface area contributed by atoms with E-state index in [1.54, 1.807) is 32.2 Å².